The van der Waals surface area contributed by atoms with Crippen LogP contribution in [0.2, 0.25) is 0 Å². The summed E-state index contributed by atoms with van der Waals surface area (Å²) in [6, 6.07) is 0. The summed E-state index contributed by atoms with van der Waals surface area (Å²) in [4.78, 5) is 19.7. The molecule has 0 atom stereocenters. The molecule has 3 rings (SSSR count). The molecular weight excluding hydrogens is 280 g/mol. The average molecular weight is 292 g/mol. The Labute approximate surface area is 118 Å². The van der Waals surface area contributed by atoms with Gasteiger partial charge in [-0.15, -0.1) is 11.3 Å². The van der Waals surface area contributed by atoms with E-state index in [-0.39, 0.29) is 0 Å². The summed E-state index contributed by atoms with van der Waals surface area (Å²) in [7, 11) is 0. The second-order valence-electron chi connectivity index (χ2n) is 3.75. The van der Waals surface area contributed by atoms with Crippen LogP contribution in [0.3, 0.4) is 0 Å². The van der Waals surface area contributed by atoms with Gasteiger partial charge in [0.15, 0.2) is 11.5 Å². The van der Waals surface area contributed by atoms with Crippen LogP contribution in [0.5, 0.6) is 0 Å². The number of nitrogens with zero attached hydrogens (tertiary/aromatic N) is 4. The van der Waals surface area contributed by atoms with Crippen molar-refractivity contribution in [3.63, 3.8) is 0 Å². The van der Waals surface area contributed by atoms with Gasteiger partial charge in [0, 0.05) is 23.9 Å². The van der Waals surface area contributed by atoms with E-state index < -0.39 is 0 Å². The van der Waals surface area contributed by atoms with E-state index in [1.165, 1.54) is 6.33 Å². The number of imidazole rings is 1. The summed E-state index contributed by atoms with van der Waals surface area (Å²) in [6.07, 6.45) is 6.03. The molecule has 0 aromatic carbocycles. The molecule has 0 fully saturated rings. The largest absolute Gasteiger partial charge is 0.368 e. The molecule has 3 aromatic rings. The van der Waals surface area contributed by atoms with Gasteiger partial charge in [-0.25, -0.2) is 19.9 Å². The van der Waals surface area contributed by atoms with E-state index in [0.29, 0.717) is 5.65 Å². The lowest BCUT2D eigenvalue weighted by molar-refractivity contribution is 0.978. The topological polar surface area (TPSA) is 79.4 Å². The van der Waals surface area contributed by atoms with Gasteiger partial charge in [-0.1, -0.05) is 11.8 Å². The molecule has 0 spiro atoms. The van der Waals surface area contributed by atoms with Crippen LogP contribution in [0.4, 0.5) is 5.82 Å². The highest BCUT2D eigenvalue weighted by atomic mass is 32.2. The molecule has 0 aliphatic carbocycles. The second-order valence-corrected chi connectivity index (χ2v) is 5.99. The number of fused-ring (bicyclic) bond motifs is 1. The number of thiazole rings is 1. The number of aromatic amines is 1. The summed E-state index contributed by atoms with van der Waals surface area (Å²) in [6.45, 7) is 0.865. The highest BCUT2D eigenvalue weighted by molar-refractivity contribution is 8.00. The molecule has 0 saturated carbocycles. The summed E-state index contributed by atoms with van der Waals surface area (Å²) in [5.41, 5.74) is 1.55. The van der Waals surface area contributed by atoms with Gasteiger partial charge in [0.25, 0.3) is 0 Å². The van der Waals surface area contributed by atoms with Crippen LogP contribution >= 0.6 is 23.1 Å². The Morgan fingerprint density at radius 3 is 3.16 bits per heavy atom. The van der Waals surface area contributed by atoms with E-state index >= 15 is 0 Å². The van der Waals surface area contributed by atoms with Crippen molar-refractivity contribution < 1.29 is 0 Å². The summed E-state index contributed by atoms with van der Waals surface area (Å²) >= 11 is 3.46. The van der Waals surface area contributed by atoms with E-state index in [0.717, 1.165) is 34.4 Å². The predicted molar refractivity (Wildman–Crippen MR) is 77.6 cm³/mol. The second kappa shape index (κ2) is 5.98. The van der Waals surface area contributed by atoms with Crippen molar-refractivity contribution in [3.8, 4) is 0 Å². The molecule has 0 saturated heterocycles. The zero-order valence-electron chi connectivity index (χ0n) is 10.0. The Morgan fingerprint density at radius 1 is 1.26 bits per heavy atom. The van der Waals surface area contributed by atoms with Crippen molar-refractivity contribution in [2.24, 2.45) is 0 Å². The van der Waals surface area contributed by atoms with Crippen molar-refractivity contribution in [1.82, 2.24) is 24.9 Å². The Balaban J connectivity index is 1.48. The highest BCUT2D eigenvalue weighted by Gasteiger charge is 2.04. The van der Waals surface area contributed by atoms with Crippen LogP contribution < -0.4 is 5.32 Å². The fourth-order valence-corrected chi connectivity index (χ4v) is 3.27. The maximum atomic E-state index is 4.23. The molecule has 0 amide bonds. The number of aromatic nitrogens is 5. The minimum atomic E-state index is 0.690. The molecule has 8 heteroatoms. The maximum Gasteiger partial charge on any atom is 0.182 e. The number of rotatable bonds is 6. The van der Waals surface area contributed by atoms with Crippen molar-refractivity contribution in [2.75, 3.05) is 17.6 Å². The molecule has 2 N–H and O–H groups in total. The third-order valence-corrected chi connectivity index (χ3v) is 4.52. The van der Waals surface area contributed by atoms with Gasteiger partial charge in [-0.3, -0.25) is 0 Å². The molecule has 6 nitrogen and oxygen atoms in total. The van der Waals surface area contributed by atoms with Crippen LogP contribution in [0, 0.1) is 0 Å². The third kappa shape index (κ3) is 3.02. The molecule has 0 bridgehead atoms. The van der Waals surface area contributed by atoms with Gasteiger partial charge < -0.3 is 10.3 Å². The number of anilines is 1. The molecular formula is C11H12N6S2. The predicted octanol–water partition coefficient (Wildman–Crippen LogP) is 2.40. The van der Waals surface area contributed by atoms with E-state index in [9.17, 15) is 0 Å². The summed E-state index contributed by atoms with van der Waals surface area (Å²) in [5, 5.41) is 5.30. The molecule has 0 radical (unpaired) electrons. The van der Waals surface area contributed by atoms with Crippen molar-refractivity contribution in [2.45, 2.75) is 10.8 Å². The molecule has 3 aromatic heterocycles. The van der Waals surface area contributed by atoms with Gasteiger partial charge in [-0.2, -0.15) is 0 Å². The van der Waals surface area contributed by atoms with Gasteiger partial charge >= 0.3 is 0 Å². The molecule has 19 heavy (non-hydrogen) atoms. The molecule has 98 valence electrons. The van der Waals surface area contributed by atoms with Crippen molar-refractivity contribution >= 4 is 40.1 Å². The molecule has 0 aliphatic heterocycles. The third-order valence-electron chi connectivity index (χ3n) is 2.47. The van der Waals surface area contributed by atoms with Gasteiger partial charge in [0.2, 0.25) is 0 Å². The van der Waals surface area contributed by atoms with Gasteiger partial charge in [0.05, 0.1) is 6.33 Å². The zero-order chi connectivity index (χ0) is 12.9. The first-order chi connectivity index (χ1) is 9.43. The number of nitrogens with one attached hydrogen (secondary N) is 2. The highest BCUT2D eigenvalue weighted by Crippen LogP contribution is 2.21. The van der Waals surface area contributed by atoms with E-state index in [4.69, 9.17) is 0 Å². The zero-order valence-corrected chi connectivity index (χ0v) is 11.7. The van der Waals surface area contributed by atoms with Crippen LogP contribution in [-0.2, 0) is 0 Å². The smallest absolute Gasteiger partial charge is 0.182 e. The lowest BCUT2D eigenvalue weighted by Gasteiger charge is -2.04. The first-order valence-electron chi connectivity index (χ1n) is 5.84. The van der Waals surface area contributed by atoms with E-state index in [1.807, 2.05) is 11.6 Å². The van der Waals surface area contributed by atoms with E-state index in [1.54, 1.807) is 29.4 Å². The number of H-pyrrole nitrogens is 1. The number of thioether (sulfide) groups is 1. The monoisotopic (exact) mass is 292 g/mol. The maximum absolute atomic E-state index is 4.23. The van der Waals surface area contributed by atoms with Crippen molar-refractivity contribution in [3.05, 3.63) is 24.2 Å². The van der Waals surface area contributed by atoms with Crippen LogP contribution in [0.15, 0.2) is 28.6 Å². The molecule has 3 heterocycles. The lowest BCUT2D eigenvalue weighted by Crippen LogP contribution is -2.05. The first-order valence-corrected chi connectivity index (χ1v) is 7.70. The van der Waals surface area contributed by atoms with Crippen LogP contribution in [-0.4, -0.2) is 37.2 Å². The average Bonchev–Trinajstić information content (AvgIpc) is 3.09. The summed E-state index contributed by atoms with van der Waals surface area (Å²) in [5.74, 6) is 1.85. The quantitative estimate of drug-likeness (QED) is 0.536. The Morgan fingerprint density at radius 2 is 2.26 bits per heavy atom. The van der Waals surface area contributed by atoms with Crippen molar-refractivity contribution in [1.29, 1.82) is 0 Å². The number of hydrogen-bond acceptors (Lipinski definition) is 7. The van der Waals surface area contributed by atoms with Gasteiger partial charge in [0.1, 0.15) is 16.2 Å². The first kappa shape index (κ1) is 12.4. The summed E-state index contributed by atoms with van der Waals surface area (Å²) < 4.78 is 1.12. The standard InChI is InChI=1S/C11H12N6S2/c1(4-18-11-13-3-5-19-11)2-12-9-8-10(15-6-14-8)17-7-16-9/h3,5-7H,1-2,4H2,(H2,12,14,15,16,17). The van der Waals surface area contributed by atoms with Gasteiger partial charge in [-0.05, 0) is 6.42 Å². The Bertz CT molecular complexity index is 635. The normalized spacial score (nSPS) is 10.9. The Hall–Kier alpha value is -1.67. The minimum Gasteiger partial charge on any atom is -0.368 e. The lowest BCUT2D eigenvalue weighted by atomic mass is 10.4. The molecule has 0 aliphatic rings. The number of hydrogen-bond donors (Lipinski definition) is 2. The minimum absolute atomic E-state index is 0.690. The van der Waals surface area contributed by atoms with Crippen LogP contribution in [0.1, 0.15) is 6.42 Å². The van der Waals surface area contributed by atoms with E-state index in [2.05, 4.69) is 30.2 Å². The SMILES string of the molecule is c1csc(SCCCNc2ncnc3nc[nH]c23)n1. The fourth-order valence-electron chi connectivity index (χ4n) is 1.62. The van der Waals surface area contributed by atoms with Crippen LogP contribution in [0.25, 0.3) is 11.2 Å². The molecule has 0 unspecified atom stereocenters. The fraction of sp³-hybridized carbons (Fsp3) is 0.273. The Kier molecular flexibility index (Phi) is 3.89.